The Labute approximate surface area is 106 Å². The molecule has 0 bridgehead atoms. The van der Waals surface area contributed by atoms with Crippen molar-refractivity contribution in [2.75, 3.05) is 0 Å². The molecule has 1 aromatic heterocycles. The van der Waals surface area contributed by atoms with Crippen LogP contribution in [0.4, 0.5) is 0 Å². The number of nitrogen functional groups attached to an aromatic ring is 1. The number of aromatic nitrogens is 1. The fourth-order valence-electron chi connectivity index (χ4n) is 1.55. The molecule has 0 aliphatic carbocycles. The summed E-state index contributed by atoms with van der Waals surface area (Å²) in [5.74, 6) is 1.31. The quantitative estimate of drug-likeness (QED) is 0.638. The molecule has 1 aromatic carbocycles. The van der Waals surface area contributed by atoms with Crippen LogP contribution in [0.3, 0.4) is 0 Å². The number of hydrogen-bond acceptors (Lipinski definition) is 3. The predicted octanol–water partition coefficient (Wildman–Crippen LogP) is 2.72. The van der Waals surface area contributed by atoms with E-state index in [0.717, 1.165) is 12.2 Å². The lowest BCUT2D eigenvalue weighted by molar-refractivity contribution is 0.481. The molecule has 0 unspecified atom stereocenters. The van der Waals surface area contributed by atoms with Gasteiger partial charge in [-0.25, -0.2) is 0 Å². The Hall–Kier alpha value is -2.36. The van der Waals surface area contributed by atoms with Gasteiger partial charge in [0.1, 0.15) is 23.0 Å². The summed E-state index contributed by atoms with van der Waals surface area (Å²) in [5.41, 5.74) is 7.06. The molecule has 0 saturated heterocycles. The number of nitrogens with zero attached hydrogens (tertiary/aromatic N) is 1. The molecule has 2 aromatic rings. The average molecular weight is 241 g/mol. The summed E-state index contributed by atoms with van der Waals surface area (Å²) in [6.45, 7) is 2.11. The maximum atomic E-state index is 7.32. The van der Waals surface area contributed by atoms with Crippen molar-refractivity contribution in [2.45, 2.75) is 13.3 Å². The first-order chi connectivity index (χ1) is 8.69. The molecular weight excluding hydrogens is 226 g/mol. The molecule has 0 amide bonds. The second-order valence-electron chi connectivity index (χ2n) is 3.89. The lowest BCUT2D eigenvalue weighted by Crippen LogP contribution is -2.12. The molecule has 0 atom stereocenters. The molecule has 3 N–H and O–H groups in total. The van der Waals surface area contributed by atoms with E-state index in [1.165, 1.54) is 5.56 Å². The van der Waals surface area contributed by atoms with Crippen LogP contribution >= 0.6 is 0 Å². The van der Waals surface area contributed by atoms with Crippen molar-refractivity contribution in [2.24, 2.45) is 5.73 Å². The van der Waals surface area contributed by atoms with Gasteiger partial charge in [-0.3, -0.25) is 10.4 Å². The molecule has 0 radical (unpaired) electrons. The summed E-state index contributed by atoms with van der Waals surface area (Å²) in [5, 5.41) is 7.32. The minimum Gasteiger partial charge on any atom is -0.457 e. The first-order valence-electron chi connectivity index (χ1n) is 5.76. The van der Waals surface area contributed by atoms with Gasteiger partial charge in [0.05, 0.1) is 0 Å². The summed E-state index contributed by atoms with van der Waals surface area (Å²) >= 11 is 0. The number of amidine groups is 1. The summed E-state index contributed by atoms with van der Waals surface area (Å²) < 4.78 is 5.68. The molecule has 0 aliphatic heterocycles. The zero-order chi connectivity index (χ0) is 13.0. The molecule has 92 valence electrons. The average Bonchev–Trinajstić information content (AvgIpc) is 2.40. The largest absolute Gasteiger partial charge is 0.457 e. The van der Waals surface area contributed by atoms with Crippen LogP contribution in [0.2, 0.25) is 0 Å². The van der Waals surface area contributed by atoms with Crippen molar-refractivity contribution < 1.29 is 4.74 Å². The highest BCUT2D eigenvalue weighted by Crippen LogP contribution is 2.21. The van der Waals surface area contributed by atoms with Crippen LogP contribution in [0.25, 0.3) is 0 Å². The second-order valence-corrected chi connectivity index (χ2v) is 3.89. The second kappa shape index (κ2) is 5.31. The molecule has 1 heterocycles. The van der Waals surface area contributed by atoms with E-state index in [1.54, 1.807) is 18.3 Å². The lowest BCUT2D eigenvalue weighted by Gasteiger charge is -2.07. The lowest BCUT2D eigenvalue weighted by atomic mass is 10.2. The zero-order valence-corrected chi connectivity index (χ0v) is 10.2. The van der Waals surface area contributed by atoms with Gasteiger partial charge in [-0.05, 0) is 30.2 Å². The Bertz CT molecular complexity index is 549. The van der Waals surface area contributed by atoms with Crippen molar-refractivity contribution in [3.8, 4) is 11.5 Å². The van der Waals surface area contributed by atoms with E-state index >= 15 is 0 Å². The predicted molar refractivity (Wildman–Crippen MR) is 71.1 cm³/mol. The van der Waals surface area contributed by atoms with Gasteiger partial charge in [-0.1, -0.05) is 19.1 Å². The van der Waals surface area contributed by atoms with Gasteiger partial charge in [0.15, 0.2) is 0 Å². The number of hydrogen-bond donors (Lipinski definition) is 2. The van der Waals surface area contributed by atoms with E-state index in [4.69, 9.17) is 15.9 Å². The van der Waals surface area contributed by atoms with Gasteiger partial charge in [0.2, 0.25) is 0 Å². The monoisotopic (exact) mass is 241 g/mol. The van der Waals surface area contributed by atoms with Crippen molar-refractivity contribution in [1.29, 1.82) is 5.41 Å². The van der Waals surface area contributed by atoms with Crippen LogP contribution in [-0.4, -0.2) is 10.8 Å². The zero-order valence-electron chi connectivity index (χ0n) is 10.2. The van der Waals surface area contributed by atoms with Crippen molar-refractivity contribution in [1.82, 2.24) is 4.98 Å². The van der Waals surface area contributed by atoms with Crippen molar-refractivity contribution in [3.63, 3.8) is 0 Å². The minimum absolute atomic E-state index is 0.0678. The van der Waals surface area contributed by atoms with Crippen LogP contribution < -0.4 is 10.5 Å². The van der Waals surface area contributed by atoms with Gasteiger partial charge in [0.25, 0.3) is 0 Å². The molecule has 0 spiro atoms. The number of nitrogens with two attached hydrogens (primary N) is 1. The Kier molecular flexibility index (Phi) is 3.57. The first kappa shape index (κ1) is 12.1. The van der Waals surface area contributed by atoms with Gasteiger partial charge >= 0.3 is 0 Å². The molecule has 0 fully saturated rings. The number of benzene rings is 1. The third-order valence-electron chi connectivity index (χ3n) is 2.57. The van der Waals surface area contributed by atoms with E-state index in [2.05, 4.69) is 11.9 Å². The molecule has 0 aliphatic rings. The molecular formula is C14H15N3O. The third-order valence-corrected chi connectivity index (χ3v) is 2.57. The summed E-state index contributed by atoms with van der Waals surface area (Å²) in [4.78, 5) is 3.98. The number of nitrogens with one attached hydrogen (secondary N) is 1. The van der Waals surface area contributed by atoms with Gasteiger partial charge in [-0.15, -0.1) is 0 Å². The maximum absolute atomic E-state index is 7.32. The van der Waals surface area contributed by atoms with E-state index in [0.29, 0.717) is 11.4 Å². The Morgan fingerprint density at radius 3 is 2.56 bits per heavy atom. The third kappa shape index (κ3) is 2.85. The maximum Gasteiger partial charge on any atom is 0.141 e. The van der Waals surface area contributed by atoms with E-state index < -0.39 is 0 Å². The summed E-state index contributed by atoms with van der Waals surface area (Å²) in [6, 6.07) is 11.3. The fraction of sp³-hybridized carbons (Fsp3) is 0.143. The number of aryl methyl sites for hydroxylation is 1. The normalized spacial score (nSPS) is 10.1. The molecule has 4 heteroatoms. The highest BCUT2D eigenvalue weighted by Gasteiger charge is 2.02. The molecule has 2 rings (SSSR count). The minimum atomic E-state index is -0.0678. The summed E-state index contributed by atoms with van der Waals surface area (Å²) in [7, 11) is 0. The van der Waals surface area contributed by atoms with Crippen LogP contribution in [0.5, 0.6) is 11.5 Å². The first-order valence-corrected chi connectivity index (χ1v) is 5.76. The Balaban J connectivity index is 2.17. The Morgan fingerprint density at radius 1 is 1.22 bits per heavy atom. The van der Waals surface area contributed by atoms with Crippen LogP contribution in [0.1, 0.15) is 18.2 Å². The van der Waals surface area contributed by atoms with E-state index in [-0.39, 0.29) is 5.84 Å². The molecule has 18 heavy (non-hydrogen) atoms. The van der Waals surface area contributed by atoms with Gasteiger partial charge in [0, 0.05) is 12.3 Å². The van der Waals surface area contributed by atoms with Crippen LogP contribution in [0, 0.1) is 5.41 Å². The smallest absolute Gasteiger partial charge is 0.141 e. The van der Waals surface area contributed by atoms with Crippen molar-refractivity contribution >= 4 is 5.84 Å². The SMILES string of the molecule is CCc1ccc(Oc2ccnc(C(=N)N)c2)cc1. The van der Waals surface area contributed by atoms with Crippen molar-refractivity contribution in [3.05, 3.63) is 53.9 Å². The highest BCUT2D eigenvalue weighted by atomic mass is 16.5. The number of pyridine rings is 1. The summed E-state index contributed by atoms with van der Waals surface area (Å²) in [6.07, 6.45) is 2.58. The highest BCUT2D eigenvalue weighted by molar-refractivity contribution is 5.93. The number of rotatable bonds is 4. The standard InChI is InChI=1S/C14H15N3O/c1-2-10-3-5-11(6-4-10)18-12-7-8-17-13(9-12)14(15)16/h3-9H,2H2,1H3,(H3,15,16). The topological polar surface area (TPSA) is 72.0 Å². The van der Waals surface area contributed by atoms with Gasteiger partial charge in [-0.2, -0.15) is 0 Å². The molecule has 4 nitrogen and oxygen atoms in total. The Morgan fingerprint density at radius 2 is 1.94 bits per heavy atom. The fourth-order valence-corrected chi connectivity index (χ4v) is 1.55. The van der Waals surface area contributed by atoms with E-state index in [9.17, 15) is 0 Å². The van der Waals surface area contributed by atoms with Gasteiger partial charge < -0.3 is 10.5 Å². The van der Waals surface area contributed by atoms with Crippen LogP contribution in [-0.2, 0) is 6.42 Å². The molecule has 0 saturated carbocycles. The van der Waals surface area contributed by atoms with Crippen LogP contribution in [0.15, 0.2) is 42.6 Å². The van der Waals surface area contributed by atoms with E-state index in [1.807, 2.05) is 24.3 Å². The number of ether oxygens (including phenoxy) is 1.